The Morgan fingerprint density at radius 2 is 1.08 bits per heavy atom. The molecule has 1 aliphatic rings. The van der Waals surface area contributed by atoms with Crippen molar-refractivity contribution in [3.8, 4) is 0 Å². The average Bonchev–Trinajstić information content (AvgIpc) is 2.53. The third kappa shape index (κ3) is 9.59. The van der Waals surface area contributed by atoms with Gasteiger partial charge in [-0.2, -0.15) is 0 Å². The first-order valence-electron chi connectivity index (χ1n) is 10.3. The van der Waals surface area contributed by atoms with E-state index >= 15 is 0 Å². The van der Waals surface area contributed by atoms with Crippen molar-refractivity contribution >= 4 is 11.9 Å². The SMILES string of the molecule is CC(C)(C)CCCOC(=O)C1CCCCC1C(=O)OCCCC(C)(C)C. The predicted molar refractivity (Wildman–Crippen MR) is 105 cm³/mol. The monoisotopic (exact) mass is 368 g/mol. The maximum Gasteiger partial charge on any atom is 0.309 e. The number of hydrogen-bond donors (Lipinski definition) is 0. The number of carbonyl (C=O) groups excluding carboxylic acids is 2. The summed E-state index contributed by atoms with van der Waals surface area (Å²) >= 11 is 0. The maximum absolute atomic E-state index is 12.5. The predicted octanol–water partition coefficient (Wildman–Crippen LogP) is 5.53. The lowest BCUT2D eigenvalue weighted by molar-refractivity contribution is -0.163. The van der Waals surface area contributed by atoms with Crippen LogP contribution in [0.25, 0.3) is 0 Å². The van der Waals surface area contributed by atoms with E-state index in [-0.39, 0.29) is 34.6 Å². The number of rotatable bonds is 8. The Bertz CT molecular complexity index is 400. The van der Waals surface area contributed by atoms with Crippen molar-refractivity contribution in [2.45, 2.75) is 92.9 Å². The van der Waals surface area contributed by atoms with E-state index in [2.05, 4.69) is 41.5 Å². The maximum atomic E-state index is 12.5. The summed E-state index contributed by atoms with van der Waals surface area (Å²) in [6.45, 7) is 14.0. The first-order chi connectivity index (χ1) is 12.0. The van der Waals surface area contributed by atoms with Gasteiger partial charge in [-0.15, -0.1) is 0 Å². The van der Waals surface area contributed by atoms with E-state index in [1.807, 2.05) is 0 Å². The second-order valence-electron chi connectivity index (χ2n) is 10.2. The van der Waals surface area contributed by atoms with Crippen LogP contribution in [0.15, 0.2) is 0 Å². The fourth-order valence-electron chi connectivity index (χ4n) is 3.46. The molecule has 0 amide bonds. The Kier molecular flexibility index (Phi) is 9.12. The van der Waals surface area contributed by atoms with Crippen molar-refractivity contribution < 1.29 is 19.1 Å². The number of hydrogen-bond acceptors (Lipinski definition) is 4. The molecule has 0 radical (unpaired) electrons. The minimum Gasteiger partial charge on any atom is -0.465 e. The Hall–Kier alpha value is -1.06. The van der Waals surface area contributed by atoms with E-state index in [1.165, 1.54) is 0 Å². The van der Waals surface area contributed by atoms with Crippen molar-refractivity contribution in [1.82, 2.24) is 0 Å². The highest BCUT2D eigenvalue weighted by atomic mass is 16.5. The van der Waals surface area contributed by atoms with E-state index in [0.29, 0.717) is 13.2 Å². The normalized spacial score (nSPS) is 21.3. The van der Waals surface area contributed by atoms with Gasteiger partial charge in [0.05, 0.1) is 25.0 Å². The standard InChI is InChI=1S/C22H40O4/c1-21(2,3)13-9-15-25-19(23)17-11-7-8-12-18(17)20(24)26-16-10-14-22(4,5)6/h17-18H,7-16H2,1-6H3. The lowest BCUT2D eigenvalue weighted by Gasteiger charge is -2.28. The van der Waals surface area contributed by atoms with Crippen LogP contribution in [0.1, 0.15) is 92.9 Å². The highest BCUT2D eigenvalue weighted by Crippen LogP contribution is 2.32. The molecule has 1 aliphatic carbocycles. The van der Waals surface area contributed by atoms with Crippen LogP contribution in [0.3, 0.4) is 0 Å². The summed E-state index contributed by atoms with van der Waals surface area (Å²) in [6.07, 6.45) is 7.20. The molecule has 152 valence electrons. The van der Waals surface area contributed by atoms with E-state index < -0.39 is 0 Å². The van der Waals surface area contributed by atoms with Crippen LogP contribution < -0.4 is 0 Å². The van der Waals surface area contributed by atoms with Crippen molar-refractivity contribution in [1.29, 1.82) is 0 Å². The summed E-state index contributed by atoms with van der Waals surface area (Å²) in [5.41, 5.74) is 0.493. The van der Waals surface area contributed by atoms with E-state index in [0.717, 1.165) is 51.4 Å². The lowest BCUT2D eigenvalue weighted by atomic mass is 9.79. The van der Waals surface area contributed by atoms with E-state index in [1.54, 1.807) is 0 Å². The number of carbonyl (C=O) groups is 2. The van der Waals surface area contributed by atoms with Gasteiger partial charge in [-0.05, 0) is 49.4 Å². The minimum absolute atomic E-state index is 0.213. The van der Waals surface area contributed by atoms with Crippen LogP contribution in [0, 0.1) is 22.7 Å². The summed E-state index contributed by atoms with van der Waals surface area (Å²) in [5, 5.41) is 0. The molecular weight excluding hydrogens is 328 g/mol. The molecule has 0 N–H and O–H groups in total. The summed E-state index contributed by atoms with van der Waals surface area (Å²) in [5.74, 6) is -1.08. The second kappa shape index (κ2) is 10.3. The zero-order valence-electron chi connectivity index (χ0n) is 17.9. The van der Waals surface area contributed by atoms with Crippen LogP contribution in [0.5, 0.6) is 0 Å². The molecule has 2 atom stereocenters. The molecule has 0 bridgehead atoms. The Morgan fingerprint density at radius 3 is 1.38 bits per heavy atom. The Labute approximate surface area is 160 Å². The first kappa shape index (κ1) is 23.0. The summed E-state index contributed by atoms with van der Waals surface area (Å²) < 4.78 is 11.0. The van der Waals surface area contributed by atoms with Gasteiger partial charge in [-0.25, -0.2) is 0 Å². The fourth-order valence-corrected chi connectivity index (χ4v) is 3.46. The fraction of sp³-hybridized carbons (Fsp3) is 0.909. The highest BCUT2D eigenvalue weighted by Gasteiger charge is 2.37. The Balaban J connectivity index is 2.42. The number of esters is 2. The van der Waals surface area contributed by atoms with Crippen molar-refractivity contribution in [2.24, 2.45) is 22.7 Å². The number of ether oxygens (including phenoxy) is 2. The van der Waals surface area contributed by atoms with Crippen molar-refractivity contribution in [3.63, 3.8) is 0 Å². The van der Waals surface area contributed by atoms with Gasteiger partial charge in [-0.1, -0.05) is 54.4 Å². The van der Waals surface area contributed by atoms with Gasteiger partial charge < -0.3 is 9.47 Å². The quantitative estimate of drug-likeness (QED) is 0.417. The molecule has 1 fully saturated rings. The van der Waals surface area contributed by atoms with Gasteiger partial charge in [0.1, 0.15) is 0 Å². The lowest BCUT2D eigenvalue weighted by Crippen LogP contribution is -2.35. The van der Waals surface area contributed by atoms with Gasteiger partial charge in [0, 0.05) is 0 Å². The largest absolute Gasteiger partial charge is 0.465 e. The zero-order valence-corrected chi connectivity index (χ0v) is 17.9. The third-order valence-corrected chi connectivity index (χ3v) is 5.00. The molecule has 1 saturated carbocycles. The molecule has 0 aromatic rings. The average molecular weight is 369 g/mol. The Morgan fingerprint density at radius 1 is 0.731 bits per heavy atom. The van der Waals surface area contributed by atoms with Crippen molar-refractivity contribution in [2.75, 3.05) is 13.2 Å². The molecule has 0 spiro atoms. The van der Waals surface area contributed by atoms with Crippen LogP contribution >= 0.6 is 0 Å². The summed E-state index contributed by atoms with van der Waals surface area (Å²) in [4.78, 5) is 24.9. The van der Waals surface area contributed by atoms with Crippen LogP contribution in [0.2, 0.25) is 0 Å². The van der Waals surface area contributed by atoms with Crippen LogP contribution in [-0.4, -0.2) is 25.2 Å². The molecule has 2 unspecified atom stereocenters. The van der Waals surface area contributed by atoms with Gasteiger partial charge in [0.2, 0.25) is 0 Å². The molecule has 4 heteroatoms. The molecule has 0 saturated heterocycles. The molecule has 0 aromatic heterocycles. The zero-order chi connectivity index (χ0) is 19.8. The van der Waals surface area contributed by atoms with Gasteiger partial charge in [-0.3, -0.25) is 9.59 Å². The second-order valence-corrected chi connectivity index (χ2v) is 10.2. The van der Waals surface area contributed by atoms with Crippen molar-refractivity contribution in [3.05, 3.63) is 0 Å². The molecule has 0 aliphatic heterocycles. The van der Waals surface area contributed by atoms with Gasteiger partial charge in [0.15, 0.2) is 0 Å². The molecule has 26 heavy (non-hydrogen) atoms. The van der Waals surface area contributed by atoms with Gasteiger partial charge in [0.25, 0.3) is 0 Å². The van der Waals surface area contributed by atoms with E-state index in [9.17, 15) is 9.59 Å². The van der Waals surface area contributed by atoms with Crippen LogP contribution in [-0.2, 0) is 19.1 Å². The molecule has 0 heterocycles. The molecular formula is C22H40O4. The summed E-state index contributed by atoms with van der Waals surface area (Å²) in [6, 6.07) is 0. The van der Waals surface area contributed by atoms with E-state index in [4.69, 9.17) is 9.47 Å². The topological polar surface area (TPSA) is 52.6 Å². The summed E-state index contributed by atoms with van der Waals surface area (Å²) in [7, 11) is 0. The van der Waals surface area contributed by atoms with Crippen LogP contribution in [0.4, 0.5) is 0 Å². The smallest absolute Gasteiger partial charge is 0.309 e. The third-order valence-electron chi connectivity index (χ3n) is 5.00. The molecule has 0 aromatic carbocycles. The molecule has 4 nitrogen and oxygen atoms in total. The molecule has 1 rings (SSSR count). The van der Waals surface area contributed by atoms with Gasteiger partial charge >= 0.3 is 11.9 Å². The first-order valence-corrected chi connectivity index (χ1v) is 10.3. The highest BCUT2D eigenvalue weighted by molar-refractivity contribution is 5.82. The minimum atomic E-state index is -0.325.